The largest absolute Gasteiger partial charge is 0.492 e. The number of halogens is 1. The summed E-state index contributed by atoms with van der Waals surface area (Å²) in [5, 5.41) is 12.1. The summed E-state index contributed by atoms with van der Waals surface area (Å²) in [6, 6.07) is 11.0. The van der Waals surface area contributed by atoms with Crippen LogP contribution in [0.1, 0.15) is 73.9 Å². The van der Waals surface area contributed by atoms with Crippen molar-refractivity contribution in [3.05, 3.63) is 100 Å². The van der Waals surface area contributed by atoms with Crippen molar-refractivity contribution in [2.45, 2.75) is 82.8 Å². The molecule has 2 saturated heterocycles. The average Bonchev–Trinajstić information content (AvgIpc) is 3.98. The lowest BCUT2D eigenvalue weighted by atomic mass is 9.79. The first-order valence-electron chi connectivity index (χ1n) is 22.2. The number of allylic oxidation sites excluding steroid dienone is 2. The fourth-order valence-corrected chi connectivity index (χ4v) is 11.3. The third-order valence-electron chi connectivity index (χ3n) is 12.8. The summed E-state index contributed by atoms with van der Waals surface area (Å²) in [6.45, 7) is 16.3. The van der Waals surface area contributed by atoms with E-state index in [1.807, 2.05) is 32.2 Å². The molecule has 0 bridgehead atoms. The van der Waals surface area contributed by atoms with Crippen molar-refractivity contribution in [2.75, 3.05) is 66.1 Å². The van der Waals surface area contributed by atoms with Gasteiger partial charge in [0.1, 0.15) is 25.1 Å². The molecule has 16 heteroatoms. The number of aromatic nitrogens is 4. The summed E-state index contributed by atoms with van der Waals surface area (Å²) in [4.78, 5) is 19.3. The zero-order valence-corrected chi connectivity index (χ0v) is 39.6. The topological polar surface area (TPSA) is 143 Å². The Labute approximate surface area is 386 Å². The molecule has 3 aliphatic rings. The lowest BCUT2D eigenvalue weighted by Gasteiger charge is -2.32. The SMILES string of the molecule is C=C/C(CC(CO)Oc1nsc2cnc(C3CCC3)c(-c3ccc(OCCN4CCN(C)CC4)c(Cl)c3C)c12)=C(\C)OCc1ccnc(-c2ccc(S(=O)(=O)N3CCCC3)c(C)c2)n1. The number of hydrogen-bond acceptors (Lipinski definition) is 13. The van der Waals surface area contributed by atoms with Gasteiger partial charge in [0.05, 0.1) is 43.8 Å². The lowest BCUT2D eigenvalue weighted by Crippen LogP contribution is -2.45. The number of pyridine rings is 1. The van der Waals surface area contributed by atoms with Crippen molar-refractivity contribution in [1.82, 2.24) is 33.4 Å². The van der Waals surface area contributed by atoms with E-state index in [-0.39, 0.29) is 13.2 Å². The molecule has 0 amide bonds. The highest BCUT2D eigenvalue weighted by Crippen LogP contribution is 2.48. The van der Waals surface area contributed by atoms with Crippen molar-refractivity contribution in [3.8, 4) is 34.1 Å². The second-order valence-corrected chi connectivity index (χ2v) is 20.2. The predicted molar refractivity (Wildman–Crippen MR) is 253 cm³/mol. The van der Waals surface area contributed by atoms with E-state index in [9.17, 15) is 13.5 Å². The molecule has 3 aromatic heterocycles. The average molecular weight is 929 g/mol. The molecule has 8 rings (SSSR count). The molecule has 0 radical (unpaired) electrons. The van der Waals surface area contributed by atoms with Crippen LogP contribution < -0.4 is 9.47 Å². The van der Waals surface area contributed by atoms with Gasteiger partial charge in [0, 0.05) is 81.7 Å². The van der Waals surface area contributed by atoms with Gasteiger partial charge in [-0.1, -0.05) is 36.7 Å². The number of aliphatic hydroxyl groups is 1. The van der Waals surface area contributed by atoms with Gasteiger partial charge in [-0.3, -0.25) is 9.88 Å². The highest BCUT2D eigenvalue weighted by molar-refractivity contribution is 7.89. The fraction of sp³-hybridized carbons (Fsp3) is 0.458. The van der Waals surface area contributed by atoms with E-state index in [4.69, 9.17) is 40.2 Å². The minimum absolute atomic E-state index is 0.156. The Balaban J connectivity index is 0.979. The van der Waals surface area contributed by atoms with E-state index in [1.54, 1.807) is 41.7 Å². The number of hydrogen-bond donors (Lipinski definition) is 1. The van der Waals surface area contributed by atoms with Crippen LogP contribution in [0.3, 0.4) is 0 Å². The number of rotatable bonds is 18. The predicted octanol–water partition coefficient (Wildman–Crippen LogP) is 8.57. The summed E-state index contributed by atoms with van der Waals surface area (Å²) in [6.07, 6.45) is 9.95. The van der Waals surface area contributed by atoms with Gasteiger partial charge in [0.2, 0.25) is 15.9 Å². The highest BCUT2D eigenvalue weighted by atomic mass is 35.5. The molecule has 13 nitrogen and oxygen atoms in total. The van der Waals surface area contributed by atoms with Gasteiger partial charge in [-0.05, 0) is 118 Å². The Morgan fingerprint density at radius 1 is 1.05 bits per heavy atom. The summed E-state index contributed by atoms with van der Waals surface area (Å²) in [7, 11) is -1.39. The Hall–Kier alpha value is -4.48. The summed E-state index contributed by atoms with van der Waals surface area (Å²) < 4.78 is 52.8. The number of likely N-dealkylation sites (N-methyl/N-ethyl adjacent to an activating group) is 1. The maximum Gasteiger partial charge on any atom is 0.243 e. The van der Waals surface area contributed by atoms with Gasteiger partial charge in [-0.25, -0.2) is 18.4 Å². The number of aryl methyl sites for hydroxylation is 1. The third-order valence-corrected chi connectivity index (χ3v) is 16.1. The van der Waals surface area contributed by atoms with E-state index in [2.05, 4.69) is 34.5 Å². The van der Waals surface area contributed by atoms with Crippen LogP contribution in [0, 0.1) is 13.8 Å². The Morgan fingerprint density at radius 3 is 2.53 bits per heavy atom. The molecule has 1 unspecified atom stereocenters. The molecule has 340 valence electrons. The molecule has 5 aromatic rings. The van der Waals surface area contributed by atoms with E-state index in [1.165, 1.54) is 11.5 Å². The van der Waals surface area contributed by atoms with Gasteiger partial charge < -0.3 is 24.2 Å². The number of benzene rings is 2. The number of fused-ring (bicyclic) bond motifs is 1. The summed E-state index contributed by atoms with van der Waals surface area (Å²) >= 11 is 8.41. The molecule has 2 aromatic carbocycles. The van der Waals surface area contributed by atoms with Crippen LogP contribution in [-0.4, -0.2) is 119 Å². The van der Waals surface area contributed by atoms with Crippen LogP contribution in [0.5, 0.6) is 11.6 Å². The molecule has 1 N–H and O–H groups in total. The standard InChI is InChI=1S/C48H58ClN7O6S2/c1-6-34(33(4)61-30-37-16-17-50-47(52-37)36-12-15-42(31(2)26-36)64(58,59)56-18-7-8-19-56)27-38(29-57)62-48-44-41(63-53-48)28-51-46(35-10-9-11-35)43(44)39-13-14-40(45(49)32(39)3)60-25-24-55-22-20-54(5)21-23-55/h6,12-17,26,28,35,38,57H,1,7-11,18-25,27,29-30H2,2-5H3/b34-33-. The molecule has 1 aliphatic carbocycles. The first-order valence-corrected chi connectivity index (χ1v) is 24.8. The van der Waals surface area contributed by atoms with E-state index in [0.29, 0.717) is 82.0 Å². The minimum atomic E-state index is -3.55. The Morgan fingerprint density at radius 2 is 1.83 bits per heavy atom. The van der Waals surface area contributed by atoms with Crippen molar-refractivity contribution < 1.29 is 27.7 Å². The molecule has 2 aliphatic heterocycles. The smallest absolute Gasteiger partial charge is 0.243 e. The van der Waals surface area contributed by atoms with Crippen LogP contribution in [0.4, 0.5) is 0 Å². The fourth-order valence-electron chi connectivity index (χ4n) is 8.62. The quantitative estimate of drug-likeness (QED) is 0.0665. The molecule has 1 atom stereocenters. The molecular weight excluding hydrogens is 870 g/mol. The lowest BCUT2D eigenvalue weighted by molar-refractivity contribution is 0.112. The van der Waals surface area contributed by atoms with Gasteiger partial charge in [0.15, 0.2) is 5.82 Å². The second kappa shape index (κ2) is 20.4. The minimum Gasteiger partial charge on any atom is -0.492 e. The maximum absolute atomic E-state index is 13.2. The van der Waals surface area contributed by atoms with Gasteiger partial charge in [-0.15, -0.1) is 0 Å². The van der Waals surface area contributed by atoms with E-state index in [0.717, 1.165) is 103 Å². The van der Waals surface area contributed by atoms with Gasteiger partial charge >= 0.3 is 0 Å². The van der Waals surface area contributed by atoms with Crippen molar-refractivity contribution in [3.63, 3.8) is 0 Å². The highest BCUT2D eigenvalue weighted by Gasteiger charge is 2.31. The van der Waals surface area contributed by atoms with Crippen molar-refractivity contribution in [2.24, 2.45) is 0 Å². The third kappa shape index (κ3) is 10.0. The number of aliphatic hydroxyl groups excluding tert-OH is 1. The number of nitrogens with zero attached hydrogens (tertiary/aromatic N) is 7. The summed E-state index contributed by atoms with van der Waals surface area (Å²) in [5.41, 5.74) is 6.61. The van der Waals surface area contributed by atoms with E-state index < -0.39 is 16.1 Å². The van der Waals surface area contributed by atoms with Crippen molar-refractivity contribution in [1.29, 1.82) is 0 Å². The molecule has 64 heavy (non-hydrogen) atoms. The first kappa shape index (κ1) is 46.1. The second-order valence-electron chi connectivity index (χ2n) is 17.1. The maximum atomic E-state index is 13.2. The van der Waals surface area contributed by atoms with Crippen LogP contribution >= 0.6 is 23.1 Å². The zero-order chi connectivity index (χ0) is 45.0. The molecular formula is C48H58ClN7O6S2. The number of sulfonamides is 1. The normalized spacial score (nSPS) is 17.6. The molecule has 0 spiro atoms. The molecule has 5 heterocycles. The molecule has 3 fully saturated rings. The van der Waals surface area contributed by atoms with Crippen LogP contribution in [0.2, 0.25) is 5.02 Å². The van der Waals surface area contributed by atoms with Crippen molar-refractivity contribution >= 4 is 43.2 Å². The monoisotopic (exact) mass is 927 g/mol. The van der Waals surface area contributed by atoms with E-state index >= 15 is 0 Å². The van der Waals surface area contributed by atoms with Gasteiger partial charge in [0.25, 0.3) is 0 Å². The zero-order valence-electron chi connectivity index (χ0n) is 37.2. The number of piperazine rings is 1. The first-order chi connectivity index (χ1) is 30.9. The van der Waals surface area contributed by atoms with Crippen LogP contribution in [0.15, 0.2) is 77.7 Å². The summed E-state index contributed by atoms with van der Waals surface area (Å²) in [5.74, 6) is 2.50. The van der Waals surface area contributed by atoms with Gasteiger partial charge in [-0.2, -0.15) is 8.68 Å². The molecule has 1 saturated carbocycles. The Kier molecular flexibility index (Phi) is 14.7. The Bertz CT molecular complexity index is 2620. The van der Waals surface area contributed by atoms with Crippen LogP contribution in [0.25, 0.3) is 32.6 Å². The number of ether oxygens (including phenoxy) is 3. The van der Waals surface area contributed by atoms with Crippen LogP contribution in [-0.2, 0) is 21.4 Å².